The smallest absolute Gasteiger partial charge is 0.243 e. The van der Waals surface area contributed by atoms with E-state index in [1.54, 1.807) is 26.1 Å². The van der Waals surface area contributed by atoms with E-state index in [0.29, 0.717) is 18.0 Å². The van der Waals surface area contributed by atoms with Gasteiger partial charge >= 0.3 is 0 Å². The fraction of sp³-hybridized carbons (Fsp3) is 0.500. The van der Waals surface area contributed by atoms with Crippen molar-refractivity contribution in [2.75, 3.05) is 13.6 Å². The average molecular weight is 256 g/mol. The van der Waals surface area contributed by atoms with Crippen LogP contribution in [0.15, 0.2) is 23.1 Å². The molecule has 96 valence electrons. The van der Waals surface area contributed by atoms with Gasteiger partial charge in [-0.3, -0.25) is 0 Å². The molecular formula is C12H20N2O2S. The molecule has 0 saturated carbocycles. The lowest BCUT2D eigenvalue weighted by molar-refractivity contribution is 0.468. The highest BCUT2D eigenvalue weighted by Gasteiger charge is 2.22. The first-order valence-electron chi connectivity index (χ1n) is 5.69. The minimum atomic E-state index is -3.39. The van der Waals surface area contributed by atoms with Crippen LogP contribution < -0.4 is 5.73 Å². The first-order chi connectivity index (χ1) is 7.93. The quantitative estimate of drug-likeness (QED) is 0.868. The predicted molar refractivity (Wildman–Crippen MR) is 69.2 cm³/mol. The van der Waals surface area contributed by atoms with E-state index in [9.17, 15) is 8.42 Å². The van der Waals surface area contributed by atoms with Gasteiger partial charge in [0.15, 0.2) is 0 Å². The van der Waals surface area contributed by atoms with Gasteiger partial charge in [0.05, 0.1) is 4.90 Å². The summed E-state index contributed by atoms with van der Waals surface area (Å²) in [5, 5.41) is 0. The van der Waals surface area contributed by atoms with Crippen LogP contribution in [-0.2, 0) is 16.6 Å². The van der Waals surface area contributed by atoms with E-state index in [1.165, 1.54) is 4.31 Å². The van der Waals surface area contributed by atoms with Crippen molar-refractivity contribution < 1.29 is 8.42 Å². The number of benzene rings is 1. The van der Waals surface area contributed by atoms with Crippen LogP contribution in [0.1, 0.15) is 24.5 Å². The number of sulfonamides is 1. The Labute approximate surface area is 103 Å². The van der Waals surface area contributed by atoms with Crippen molar-refractivity contribution in [2.24, 2.45) is 5.73 Å². The SMILES string of the molecule is CCCN(C)S(=O)(=O)c1cc(CN)ccc1C. The summed E-state index contributed by atoms with van der Waals surface area (Å²) in [4.78, 5) is 0.358. The molecule has 0 heterocycles. The summed E-state index contributed by atoms with van der Waals surface area (Å²) < 4.78 is 26.0. The first-order valence-corrected chi connectivity index (χ1v) is 7.13. The highest BCUT2D eigenvalue weighted by atomic mass is 32.2. The molecule has 1 rings (SSSR count). The molecule has 0 amide bonds. The highest BCUT2D eigenvalue weighted by molar-refractivity contribution is 7.89. The predicted octanol–water partition coefficient (Wildman–Crippen LogP) is 1.48. The molecule has 0 aromatic heterocycles. The average Bonchev–Trinajstić information content (AvgIpc) is 2.29. The number of rotatable bonds is 5. The number of nitrogens with zero attached hydrogens (tertiary/aromatic N) is 1. The third kappa shape index (κ3) is 3.06. The van der Waals surface area contributed by atoms with Crippen molar-refractivity contribution in [1.82, 2.24) is 4.31 Å². The Morgan fingerprint density at radius 1 is 1.35 bits per heavy atom. The van der Waals surface area contributed by atoms with Gasteiger partial charge in [0.1, 0.15) is 0 Å². The van der Waals surface area contributed by atoms with Gasteiger partial charge in [-0.15, -0.1) is 0 Å². The van der Waals surface area contributed by atoms with Crippen LogP contribution >= 0.6 is 0 Å². The Bertz CT molecular complexity index is 483. The standard InChI is InChI=1S/C12H20N2O2S/c1-4-7-14(3)17(15,16)12-8-11(9-13)6-5-10(12)2/h5-6,8H,4,7,9,13H2,1-3H3. The van der Waals surface area contributed by atoms with Crippen LogP contribution in [-0.4, -0.2) is 26.3 Å². The van der Waals surface area contributed by atoms with E-state index < -0.39 is 10.0 Å². The molecule has 0 fully saturated rings. The van der Waals surface area contributed by atoms with E-state index in [4.69, 9.17) is 5.73 Å². The molecule has 4 nitrogen and oxygen atoms in total. The van der Waals surface area contributed by atoms with Crippen LogP contribution in [0.25, 0.3) is 0 Å². The summed E-state index contributed by atoms with van der Waals surface area (Å²) in [7, 11) is -1.78. The van der Waals surface area contributed by atoms with Gasteiger partial charge in [-0.2, -0.15) is 0 Å². The fourth-order valence-electron chi connectivity index (χ4n) is 1.65. The molecule has 0 saturated heterocycles. The van der Waals surface area contributed by atoms with E-state index in [0.717, 1.165) is 17.5 Å². The van der Waals surface area contributed by atoms with Crippen molar-refractivity contribution in [3.8, 4) is 0 Å². The minimum absolute atomic E-state index is 0.348. The largest absolute Gasteiger partial charge is 0.326 e. The third-order valence-electron chi connectivity index (χ3n) is 2.71. The van der Waals surface area contributed by atoms with E-state index in [-0.39, 0.29) is 0 Å². The number of hydrogen-bond donors (Lipinski definition) is 1. The molecule has 5 heteroatoms. The van der Waals surface area contributed by atoms with E-state index >= 15 is 0 Å². The lowest BCUT2D eigenvalue weighted by Crippen LogP contribution is -2.28. The molecule has 2 N–H and O–H groups in total. The zero-order valence-corrected chi connectivity index (χ0v) is 11.4. The van der Waals surface area contributed by atoms with Crippen molar-refractivity contribution in [3.63, 3.8) is 0 Å². The highest BCUT2D eigenvalue weighted by Crippen LogP contribution is 2.20. The third-order valence-corrected chi connectivity index (χ3v) is 4.71. The Hall–Kier alpha value is -0.910. The maximum Gasteiger partial charge on any atom is 0.243 e. The molecule has 17 heavy (non-hydrogen) atoms. The van der Waals surface area contributed by atoms with Crippen molar-refractivity contribution in [1.29, 1.82) is 0 Å². The normalized spacial score (nSPS) is 12.1. The molecule has 1 aromatic rings. The number of hydrogen-bond acceptors (Lipinski definition) is 3. The summed E-state index contributed by atoms with van der Waals surface area (Å²) in [5.74, 6) is 0. The Balaban J connectivity index is 3.22. The van der Waals surface area contributed by atoms with Crippen molar-refractivity contribution in [3.05, 3.63) is 29.3 Å². The van der Waals surface area contributed by atoms with Crippen molar-refractivity contribution in [2.45, 2.75) is 31.7 Å². The second-order valence-corrected chi connectivity index (χ2v) is 6.14. The maximum atomic E-state index is 12.3. The van der Waals surface area contributed by atoms with Crippen LogP contribution in [0.2, 0.25) is 0 Å². The zero-order valence-electron chi connectivity index (χ0n) is 10.6. The molecule has 0 aliphatic carbocycles. The van der Waals surface area contributed by atoms with Gasteiger partial charge < -0.3 is 5.73 Å². The molecule has 0 aliphatic heterocycles. The number of nitrogens with two attached hydrogens (primary N) is 1. The topological polar surface area (TPSA) is 63.4 Å². The van der Waals surface area contributed by atoms with Crippen molar-refractivity contribution >= 4 is 10.0 Å². The second-order valence-electron chi connectivity index (χ2n) is 4.13. The monoisotopic (exact) mass is 256 g/mol. The van der Waals surface area contributed by atoms with Gasteiger partial charge in [0.25, 0.3) is 0 Å². The van der Waals surface area contributed by atoms with Gasteiger partial charge in [0.2, 0.25) is 10.0 Å². The first kappa shape index (κ1) is 14.2. The van der Waals surface area contributed by atoms with Gasteiger partial charge in [-0.1, -0.05) is 19.1 Å². The summed E-state index contributed by atoms with van der Waals surface area (Å²) >= 11 is 0. The lowest BCUT2D eigenvalue weighted by atomic mass is 10.1. The molecule has 0 bridgehead atoms. The molecule has 0 unspecified atom stereocenters. The van der Waals surface area contributed by atoms with Crippen LogP contribution in [0.3, 0.4) is 0 Å². The summed E-state index contributed by atoms with van der Waals surface area (Å²) in [6.07, 6.45) is 0.797. The van der Waals surface area contributed by atoms with Crippen LogP contribution in [0.4, 0.5) is 0 Å². The van der Waals surface area contributed by atoms with Crippen LogP contribution in [0.5, 0.6) is 0 Å². The molecular weight excluding hydrogens is 236 g/mol. The number of aryl methyl sites for hydroxylation is 1. The minimum Gasteiger partial charge on any atom is -0.326 e. The van der Waals surface area contributed by atoms with E-state index in [1.807, 2.05) is 13.0 Å². The summed E-state index contributed by atoms with van der Waals surface area (Å²) in [6.45, 7) is 4.62. The molecule has 0 aliphatic rings. The molecule has 0 radical (unpaired) electrons. The molecule has 0 spiro atoms. The summed E-state index contributed by atoms with van der Waals surface area (Å²) in [5.41, 5.74) is 7.13. The Morgan fingerprint density at radius 2 is 2.00 bits per heavy atom. The lowest BCUT2D eigenvalue weighted by Gasteiger charge is -2.18. The zero-order chi connectivity index (χ0) is 13.1. The summed E-state index contributed by atoms with van der Waals surface area (Å²) in [6, 6.07) is 5.32. The van der Waals surface area contributed by atoms with E-state index in [2.05, 4.69) is 0 Å². The van der Waals surface area contributed by atoms with Crippen LogP contribution in [0, 0.1) is 6.92 Å². The Morgan fingerprint density at radius 3 is 2.53 bits per heavy atom. The van der Waals surface area contributed by atoms with Gasteiger partial charge in [0, 0.05) is 20.1 Å². The van der Waals surface area contributed by atoms with Gasteiger partial charge in [-0.05, 0) is 30.5 Å². The molecule has 1 aromatic carbocycles. The maximum absolute atomic E-state index is 12.3. The molecule has 0 atom stereocenters. The fourth-order valence-corrected chi connectivity index (χ4v) is 3.19. The van der Waals surface area contributed by atoms with Gasteiger partial charge in [-0.25, -0.2) is 12.7 Å². The second kappa shape index (κ2) is 5.62. The Kier molecular flexibility index (Phi) is 4.68.